The van der Waals surface area contributed by atoms with E-state index in [0.717, 1.165) is 43.3 Å². The van der Waals surface area contributed by atoms with Gasteiger partial charge >= 0.3 is 0 Å². The topological polar surface area (TPSA) is 87.4 Å². The van der Waals surface area contributed by atoms with Gasteiger partial charge in [-0.3, -0.25) is 10.1 Å². The van der Waals surface area contributed by atoms with Gasteiger partial charge in [0.1, 0.15) is 5.82 Å². The third-order valence-electron chi connectivity index (χ3n) is 4.48. The predicted octanol–water partition coefficient (Wildman–Crippen LogP) is 2.50. The molecule has 25 heavy (non-hydrogen) atoms. The number of nitro benzene ring substituents is 1. The number of non-ortho nitro benzene ring substituents is 1. The highest BCUT2D eigenvalue weighted by atomic mass is 16.6. The normalized spacial score (nSPS) is 15.2. The molecule has 0 aliphatic carbocycles. The number of nitrogens with one attached hydrogen (secondary N) is 1. The van der Waals surface area contributed by atoms with E-state index in [9.17, 15) is 10.1 Å². The second-order valence-electron chi connectivity index (χ2n) is 6.30. The molecule has 0 bridgehead atoms. The fourth-order valence-electron chi connectivity index (χ4n) is 2.82. The van der Waals surface area contributed by atoms with E-state index in [-0.39, 0.29) is 5.69 Å². The molecule has 0 unspecified atom stereocenters. The van der Waals surface area contributed by atoms with Gasteiger partial charge in [-0.15, -0.1) is 0 Å². The lowest BCUT2D eigenvalue weighted by Gasteiger charge is -2.34. The number of nitrogens with zero attached hydrogens (tertiary/aromatic N) is 5. The molecule has 0 spiro atoms. The zero-order valence-corrected chi connectivity index (χ0v) is 14.7. The van der Waals surface area contributed by atoms with Crippen LogP contribution in [0.4, 0.5) is 23.1 Å². The molecule has 8 heteroatoms. The van der Waals surface area contributed by atoms with Crippen molar-refractivity contribution < 1.29 is 4.92 Å². The number of anilines is 3. The van der Waals surface area contributed by atoms with E-state index in [4.69, 9.17) is 0 Å². The standard InChI is InChI=1S/C17H22N6O2/c1-12-13(2)18-17(19-14-5-4-6-15(11-14)23(24)25)20-16(12)22-9-7-21(3)8-10-22/h4-6,11H,7-10H2,1-3H3,(H,18,19,20). The summed E-state index contributed by atoms with van der Waals surface area (Å²) in [6.07, 6.45) is 0. The summed E-state index contributed by atoms with van der Waals surface area (Å²) in [5.41, 5.74) is 2.60. The summed E-state index contributed by atoms with van der Waals surface area (Å²) in [5.74, 6) is 1.38. The number of aromatic nitrogens is 2. The Morgan fingerprint density at radius 2 is 1.88 bits per heavy atom. The summed E-state index contributed by atoms with van der Waals surface area (Å²) in [4.78, 5) is 24.2. The maximum Gasteiger partial charge on any atom is 0.271 e. The van der Waals surface area contributed by atoms with Gasteiger partial charge in [-0.2, -0.15) is 4.98 Å². The van der Waals surface area contributed by atoms with E-state index in [1.165, 1.54) is 12.1 Å². The zero-order chi connectivity index (χ0) is 18.0. The summed E-state index contributed by atoms with van der Waals surface area (Å²) >= 11 is 0. The molecule has 1 aliphatic rings. The molecule has 3 rings (SSSR count). The van der Waals surface area contributed by atoms with Gasteiger partial charge in [-0.05, 0) is 27.0 Å². The molecule has 1 aromatic heterocycles. The van der Waals surface area contributed by atoms with Crippen LogP contribution in [-0.2, 0) is 0 Å². The number of benzene rings is 1. The number of hydrogen-bond donors (Lipinski definition) is 1. The molecule has 8 nitrogen and oxygen atoms in total. The summed E-state index contributed by atoms with van der Waals surface area (Å²) in [6.45, 7) is 7.82. The number of aryl methyl sites for hydroxylation is 1. The van der Waals surface area contributed by atoms with E-state index in [1.54, 1.807) is 12.1 Å². The van der Waals surface area contributed by atoms with Crippen LogP contribution in [0, 0.1) is 24.0 Å². The van der Waals surface area contributed by atoms with Gasteiger partial charge in [-0.25, -0.2) is 4.98 Å². The lowest BCUT2D eigenvalue weighted by atomic mass is 10.2. The molecule has 1 aromatic carbocycles. The molecular weight excluding hydrogens is 320 g/mol. The number of hydrogen-bond acceptors (Lipinski definition) is 7. The van der Waals surface area contributed by atoms with Gasteiger partial charge in [0, 0.05) is 55.3 Å². The van der Waals surface area contributed by atoms with Crippen molar-refractivity contribution >= 4 is 23.1 Å². The van der Waals surface area contributed by atoms with Crippen LogP contribution in [0.3, 0.4) is 0 Å². The minimum atomic E-state index is -0.415. The molecule has 1 N–H and O–H groups in total. The van der Waals surface area contributed by atoms with Gasteiger partial charge in [0.25, 0.3) is 5.69 Å². The van der Waals surface area contributed by atoms with Crippen molar-refractivity contribution in [2.24, 2.45) is 0 Å². The van der Waals surface area contributed by atoms with E-state index in [1.807, 2.05) is 13.8 Å². The molecule has 1 saturated heterocycles. The van der Waals surface area contributed by atoms with Crippen LogP contribution < -0.4 is 10.2 Å². The Hall–Kier alpha value is -2.74. The van der Waals surface area contributed by atoms with Crippen molar-refractivity contribution in [3.63, 3.8) is 0 Å². The Morgan fingerprint density at radius 1 is 1.16 bits per heavy atom. The maximum absolute atomic E-state index is 10.9. The maximum atomic E-state index is 10.9. The monoisotopic (exact) mass is 342 g/mol. The molecule has 0 radical (unpaired) electrons. The van der Waals surface area contributed by atoms with Crippen LogP contribution in [0.1, 0.15) is 11.3 Å². The van der Waals surface area contributed by atoms with E-state index >= 15 is 0 Å². The predicted molar refractivity (Wildman–Crippen MR) is 97.6 cm³/mol. The van der Waals surface area contributed by atoms with Crippen LogP contribution in [0.15, 0.2) is 24.3 Å². The van der Waals surface area contributed by atoms with Crippen LogP contribution in [0.25, 0.3) is 0 Å². The van der Waals surface area contributed by atoms with Gasteiger partial charge in [-0.1, -0.05) is 6.07 Å². The fraction of sp³-hybridized carbons (Fsp3) is 0.412. The van der Waals surface area contributed by atoms with Gasteiger partial charge in [0.2, 0.25) is 5.95 Å². The smallest absolute Gasteiger partial charge is 0.271 e. The molecule has 0 amide bonds. The van der Waals surface area contributed by atoms with Crippen LogP contribution in [0.2, 0.25) is 0 Å². The van der Waals surface area contributed by atoms with Crippen molar-refractivity contribution in [2.75, 3.05) is 43.4 Å². The highest BCUT2D eigenvalue weighted by Crippen LogP contribution is 2.25. The first-order chi connectivity index (χ1) is 11.9. The Bertz CT molecular complexity index is 787. The molecule has 132 valence electrons. The number of nitro groups is 1. The minimum Gasteiger partial charge on any atom is -0.354 e. The Kier molecular flexibility index (Phi) is 4.80. The number of rotatable bonds is 4. The average Bonchev–Trinajstić information content (AvgIpc) is 2.59. The largest absolute Gasteiger partial charge is 0.354 e. The van der Waals surface area contributed by atoms with Gasteiger partial charge in [0.15, 0.2) is 0 Å². The molecule has 1 aliphatic heterocycles. The summed E-state index contributed by atoms with van der Waals surface area (Å²) in [5, 5.41) is 14.0. The van der Waals surface area contributed by atoms with Crippen LogP contribution >= 0.6 is 0 Å². The second-order valence-corrected chi connectivity index (χ2v) is 6.30. The average molecular weight is 342 g/mol. The SMILES string of the molecule is Cc1nc(Nc2cccc([N+](=O)[O-])c2)nc(N2CCN(C)CC2)c1C. The molecule has 1 fully saturated rings. The molecule has 2 heterocycles. The molecule has 2 aromatic rings. The van der Waals surface area contributed by atoms with Crippen molar-refractivity contribution in [1.82, 2.24) is 14.9 Å². The molecule has 0 atom stereocenters. The van der Waals surface area contributed by atoms with Crippen LogP contribution in [-0.4, -0.2) is 53.0 Å². The van der Waals surface area contributed by atoms with Gasteiger partial charge in [0.05, 0.1) is 4.92 Å². The fourth-order valence-corrected chi connectivity index (χ4v) is 2.82. The minimum absolute atomic E-state index is 0.0353. The van der Waals surface area contributed by atoms with Crippen molar-refractivity contribution in [3.05, 3.63) is 45.6 Å². The Labute approximate surface area is 146 Å². The summed E-state index contributed by atoms with van der Waals surface area (Å²) in [6, 6.07) is 6.35. The first kappa shape index (κ1) is 17.1. The first-order valence-electron chi connectivity index (χ1n) is 8.24. The third-order valence-corrected chi connectivity index (χ3v) is 4.48. The van der Waals surface area contributed by atoms with E-state index in [2.05, 4.69) is 32.1 Å². The third kappa shape index (κ3) is 3.85. The quantitative estimate of drug-likeness (QED) is 0.674. The second kappa shape index (κ2) is 7.02. The van der Waals surface area contributed by atoms with Crippen molar-refractivity contribution in [1.29, 1.82) is 0 Å². The van der Waals surface area contributed by atoms with Crippen LogP contribution in [0.5, 0.6) is 0 Å². The zero-order valence-electron chi connectivity index (χ0n) is 14.7. The number of piperazine rings is 1. The van der Waals surface area contributed by atoms with Gasteiger partial charge < -0.3 is 15.1 Å². The van der Waals surface area contributed by atoms with Crippen molar-refractivity contribution in [3.8, 4) is 0 Å². The highest BCUT2D eigenvalue weighted by molar-refractivity contribution is 5.60. The van der Waals surface area contributed by atoms with E-state index < -0.39 is 4.92 Å². The summed E-state index contributed by atoms with van der Waals surface area (Å²) < 4.78 is 0. The molecule has 0 saturated carbocycles. The number of likely N-dealkylation sites (N-methyl/N-ethyl adjacent to an activating group) is 1. The van der Waals surface area contributed by atoms with Crippen molar-refractivity contribution in [2.45, 2.75) is 13.8 Å². The Morgan fingerprint density at radius 3 is 2.56 bits per heavy atom. The first-order valence-corrected chi connectivity index (χ1v) is 8.24. The Balaban J connectivity index is 1.87. The lowest BCUT2D eigenvalue weighted by molar-refractivity contribution is -0.384. The summed E-state index contributed by atoms with van der Waals surface area (Å²) in [7, 11) is 2.12. The highest BCUT2D eigenvalue weighted by Gasteiger charge is 2.19. The lowest BCUT2D eigenvalue weighted by Crippen LogP contribution is -2.45. The molecular formula is C17H22N6O2. The van der Waals surface area contributed by atoms with E-state index in [0.29, 0.717) is 11.6 Å².